The summed E-state index contributed by atoms with van der Waals surface area (Å²) in [5.74, 6) is -0.378. The number of aryl methyl sites for hydroxylation is 4. The molecule has 0 unspecified atom stereocenters. The molecule has 3 aromatic carbocycles. The minimum Gasteiger partial charge on any atom is -0.321 e. The predicted octanol–water partition coefficient (Wildman–Crippen LogP) is 5.96. The largest absolute Gasteiger partial charge is 0.321 e. The Balaban J connectivity index is 1.48. The second-order valence-electron chi connectivity index (χ2n) is 8.02. The molecular weight excluding hydrogens is 418 g/mol. The number of nitrogens with zero attached hydrogens (tertiary/aromatic N) is 1. The molecule has 4 rings (SSSR count). The number of hydrogen-bond acceptors (Lipinski definition) is 4. The second kappa shape index (κ2) is 8.93. The van der Waals surface area contributed by atoms with Crippen LogP contribution < -0.4 is 10.6 Å². The highest BCUT2D eigenvalue weighted by molar-refractivity contribution is 7.17. The Morgan fingerprint density at radius 3 is 2.34 bits per heavy atom. The van der Waals surface area contributed by atoms with Crippen LogP contribution in [0.2, 0.25) is 0 Å². The van der Waals surface area contributed by atoms with Gasteiger partial charge in [0.15, 0.2) is 5.13 Å². The third kappa shape index (κ3) is 4.55. The summed E-state index contributed by atoms with van der Waals surface area (Å²) in [4.78, 5) is 30.5. The van der Waals surface area contributed by atoms with Crippen LogP contribution in [0, 0.1) is 27.7 Å². The van der Waals surface area contributed by atoms with Crippen LogP contribution in [0.5, 0.6) is 0 Å². The zero-order valence-electron chi connectivity index (χ0n) is 18.6. The van der Waals surface area contributed by atoms with Gasteiger partial charge >= 0.3 is 0 Å². The van der Waals surface area contributed by atoms with Gasteiger partial charge in [0.1, 0.15) is 4.88 Å². The molecule has 0 bridgehead atoms. The molecular formula is C26H25N3O2S. The number of hydrogen-bond donors (Lipinski definition) is 2. The Hall–Kier alpha value is -3.51. The van der Waals surface area contributed by atoms with Crippen LogP contribution >= 0.6 is 11.3 Å². The fraction of sp³-hybridized carbons (Fsp3) is 0.192. The highest BCUT2D eigenvalue weighted by Gasteiger charge is 2.18. The fourth-order valence-electron chi connectivity index (χ4n) is 3.99. The molecule has 2 amide bonds. The Morgan fingerprint density at radius 1 is 0.906 bits per heavy atom. The highest BCUT2D eigenvalue weighted by Crippen LogP contribution is 2.27. The molecule has 162 valence electrons. The molecule has 4 aromatic rings. The summed E-state index contributed by atoms with van der Waals surface area (Å²) in [6, 6.07) is 18.0. The molecule has 0 atom stereocenters. The molecule has 0 aliphatic heterocycles. The van der Waals surface area contributed by atoms with E-state index in [0.717, 1.165) is 38.7 Å². The van der Waals surface area contributed by atoms with E-state index < -0.39 is 0 Å². The first kappa shape index (κ1) is 21.7. The number of nitrogens with one attached hydrogen (secondary N) is 2. The van der Waals surface area contributed by atoms with Gasteiger partial charge in [-0.2, -0.15) is 0 Å². The molecule has 0 aliphatic carbocycles. The van der Waals surface area contributed by atoms with Crippen LogP contribution in [-0.4, -0.2) is 16.8 Å². The van der Waals surface area contributed by atoms with E-state index in [2.05, 4.69) is 15.6 Å². The van der Waals surface area contributed by atoms with E-state index in [4.69, 9.17) is 0 Å². The number of thiazole rings is 1. The zero-order valence-corrected chi connectivity index (χ0v) is 19.4. The number of benzene rings is 3. The summed E-state index contributed by atoms with van der Waals surface area (Å²) in [5, 5.41) is 8.45. The Morgan fingerprint density at radius 2 is 1.59 bits per heavy atom. The van der Waals surface area contributed by atoms with Crippen LogP contribution in [0.15, 0.2) is 54.6 Å². The maximum atomic E-state index is 12.9. The van der Waals surface area contributed by atoms with Crippen molar-refractivity contribution in [2.45, 2.75) is 34.1 Å². The average molecular weight is 444 g/mol. The van der Waals surface area contributed by atoms with E-state index in [9.17, 15) is 9.59 Å². The molecule has 2 N–H and O–H groups in total. The van der Waals surface area contributed by atoms with Gasteiger partial charge in [0, 0.05) is 5.69 Å². The quantitative estimate of drug-likeness (QED) is 0.400. The topological polar surface area (TPSA) is 71.1 Å². The van der Waals surface area contributed by atoms with Gasteiger partial charge < -0.3 is 10.6 Å². The smallest absolute Gasteiger partial charge is 0.267 e. The van der Waals surface area contributed by atoms with Crippen molar-refractivity contribution in [2.24, 2.45) is 0 Å². The van der Waals surface area contributed by atoms with E-state index in [-0.39, 0.29) is 18.2 Å². The summed E-state index contributed by atoms with van der Waals surface area (Å²) in [7, 11) is 0. The number of carbonyl (C=O) groups excluding carboxylic acids is 2. The molecule has 0 spiro atoms. The summed E-state index contributed by atoms with van der Waals surface area (Å²) < 4.78 is 0. The van der Waals surface area contributed by atoms with Crippen LogP contribution in [0.25, 0.3) is 10.8 Å². The van der Waals surface area contributed by atoms with Crippen molar-refractivity contribution in [1.82, 2.24) is 4.98 Å². The monoisotopic (exact) mass is 443 g/mol. The van der Waals surface area contributed by atoms with E-state index in [1.54, 1.807) is 6.92 Å². The molecule has 0 radical (unpaired) electrons. The van der Waals surface area contributed by atoms with Crippen molar-refractivity contribution in [3.8, 4) is 0 Å². The first-order valence-corrected chi connectivity index (χ1v) is 11.3. The van der Waals surface area contributed by atoms with Crippen molar-refractivity contribution < 1.29 is 9.59 Å². The van der Waals surface area contributed by atoms with Crippen LogP contribution in [0.1, 0.15) is 37.6 Å². The lowest BCUT2D eigenvalue weighted by Crippen LogP contribution is -2.14. The third-order valence-corrected chi connectivity index (χ3v) is 6.47. The molecule has 0 fully saturated rings. The van der Waals surface area contributed by atoms with Gasteiger partial charge in [-0.15, -0.1) is 0 Å². The first-order valence-electron chi connectivity index (χ1n) is 10.4. The van der Waals surface area contributed by atoms with Gasteiger partial charge in [0.2, 0.25) is 5.91 Å². The van der Waals surface area contributed by atoms with Crippen LogP contribution in [0.3, 0.4) is 0 Å². The van der Waals surface area contributed by atoms with Crippen molar-refractivity contribution >= 4 is 44.7 Å². The zero-order chi connectivity index (χ0) is 22.8. The first-order chi connectivity index (χ1) is 15.3. The molecule has 6 heteroatoms. The van der Waals surface area contributed by atoms with Gasteiger partial charge in [-0.05, 0) is 55.2 Å². The molecule has 5 nitrogen and oxygen atoms in total. The minimum atomic E-state index is -0.218. The lowest BCUT2D eigenvalue weighted by atomic mass is 10.0. The minimum absolute atomic E-state index is 0.160. The number of anilines is 2. The summed E-state index contributed by atoms with van der Waals surface area (Å²) >= 11 is 1.19. The predicted molar refractivity (Wildman–Crippen MR) is 132 cm³/mol. The average Bonchev–Trinajstić information content (AvgIpc) is 3.10. The number of fused-ring (bicyclic) bond motifs is 1. The number of carbonyl (C=O) groups is 2. The van der Waals surface area contributed by atoms with Crippen LogP contribution in [0.4, 0.5) is 10.8 Å². The Labute approximate surface area is 191 Å². The number of amides is 2. The fourth-order valence-corrected chi connectivity index (χ4v) is 4.87. The van der Waals surface area contributed by atoms with Gasteiger partial charge in [0.25, 0.3) is 5.91 Å². The molecule has 1 heterocycles. The van der Waals surface area contributed by atoms with Gasteiger partial charge in [-0.25, -0.2) is 4.98 Å². The maximum Gasteiger partial charge on any atom is 0.267 e. The highest BCUT2D eigenvalue weighted by atomic mass is 32.1. The van der Waals surface area contributed by atoms with Crippen molar-refractivity contribution in [3.63, 3.8) is 0 Å². The molecule has 0 saturated carbocycles. The molecule has 32 heavy (non-hydrogen) atoms. The van der Waals surface area contributed by atoms with E-state index >= 15 is 0 Å². The van der Waals surface area contributed by atoms with Crippen molar-refractivity contribution in [3.05, 3.63) is 87.4 Å². The molecule has 1 aromatic heterocycles. The standard InChI is InChI=1S/C26H25N3O2S/c1-15-12-16(2)23(17(3)13-15)29-25(31)24-18(4)27-26(32-24)28-22(30)14-20-10-7-9-19-8-5-6-11-21(19)20/h5-13H,14H2,1-4H3,(H,29,31)(H,27,28,30). The van der Waals surface area contributed by atoms with Gasteiger partial charge in [0.05, 0.1) is 12.1 Å². The lowest BCUT2D eigenvalue weighted by molar-refractivity contribution is -0.115. The maximum absolute atomic E-state index is 12.9. The van der Waals surface area contributed by atoms with E-state index in [1.807, 2.05) is 75.4 Å². The normalized spacial score (nSPS) is 10.9. The van der Waals surface area contributed by atoms with Gasteiger partial charge in [-0.1, -0.05) is 71.5 Å². The summed E-state index contributed by atoms with van der Waals surface area (Å²) in [5.41, 5.74) is 5.55. The van der Waals surface area contributed by atoms with Gasteiger partial charge in [-0.3, -0.25) is 9.59 Å². The number of aromatic nitrogens is 1. The summed E-state index contributed by atoms with van der Waals surface area (Å²) in [6.45, 7) is 7.77. The van der Waals surface area contributed by atoms with E-state index in [1.165, 1.54) is 11.3 Å². The van der Waals surface area contributed by atoms with Crippen LogP contribution in [-0.2, 0) is 11.2 Å². The number of rotatable bonds is 5. The Bertz CT molecular complexity index is 1310. The van der Waals surface area contributed by atoms with E-state index in [0.29, 0.717) is 15.7 Å². The van der Waals surface area contributed by atoms with Crippen molar-refractivity contribution in [1.29, 1.82) is 0 Å². The Kier molecular flexibility index (Phi) is 6.06. The van der Waals surface area contributed by atoms with Crippen molar-refractivity contribution in [2.75, 3.05) is 10.6 Å². The molecule has 0 aliphatic rings. The second-order valence-corrected chi connectivity index (χ2v) is 9.02. The SMILES string of the molecule is Cc1cc(C)c(NC(=O)c2sc(NC(=O)Cc3cccc4ccccc34)nc2C)c(C)c1. The third-order valence-electron chi connectivity index (χ3n) is 5.40. The lowest BCUT2D eigenvalue weighted by Gasteiger charge is -2.12. The summed E-state index contributed by atoms with van der Waals surface area (Å²) in [6.07, 6.45) is 0.239. The molecule has 0 saturated heterocycles.